The van der Waals surface area contributed by atoms with Crippen LogP contribution in [0.3, 0.4) is 0 Å². The quantitative estimate of drug-likeness (QED) is 0.613. The Kier molecular flexibility index (Phi) is 7.22. The standard InChI is InChI=1S/C21H27N5O3.CH3.In/c22-19(27)6-2-5-15-29-18-7-10-23-20(16-18)24-21(28)26-13-8-17(9-14-26)25-11-3-1-4-12-25;;/h2,5,7,10,16-17H,1,3-4,8-9,11-14H2,(H2,22,27)(H,23,24,28);1H3;. The van der Waals surface area contributed by atoms with Gasteiger partial charge in [0.1, 0.15) is 0 Å². The first-order chi connectivity index (χ1) is 15.0. The summed E-state index contributed by atoms with van der Waals surface area (Å²) in [4.78, 5) is 33.0. The maximum absolute atomic E-state index is 12.7. The summed E-state index contributed by atoms with van der Waals surface area (Å²) < 4.78 is 9.65. The summed E-state index contributed by atoms with van der Waals surface area (Å²) in [6.45, 7) is 3.93. The number of likely N-dealkylation sites (tertiary alicyclic amines) is 2. The average molecular weight is 527 g/mol. The minimum absolute atomic E-state index is 0.118. The number of nitrogens with one attached hydrogen (secondary N) is 1. The molecule has 31 heavy (non-hydrogen) atoms. The first-order valence-corrected chi connectivity index (χ1v) is 17.8. The van der Waals surface area contributed by atoms with Crippen LogP contribution in [0.4, 0.5) is 10.6 Å². The molecule has 0 aliphatic carbocycles. The van der Waals surface area contributed by atoms with Crippen LogP contribution in [-0.4, -0.2) is 80.4 Å². The van der Waals surface area contributed by atoms with Crippen LogP contribution in [0.1, 0.15) is 32.1 Å². The number of carbonyl (C=O) groups is 2. The number of allylic oxidation sites excluding steroid dienone is 2. The van der Waals surface area contributed by atoms with E-state index in [-0.39, 0.29) is 11.9 Å². The first-order valence-electron chi connectivity index (χ1n) is 11.2. The molecule has 8 nitrogen and oxygen atoms in total. The fourth-order valence-corrected chi connectivity index (χ4v) is 9.80. The molecule has 164 valence electrons. The molecule has 3 N–H and O–H groups in total. The molecule has 0 aromatic carbocycles. The second kappa shape index (κ2) is 10.1. The normalized spacial score (nSPS) is 20.3. The van der Waals surface area contributed by atoms with Crippen molar-refractivity contribution < 1.29 is 14.3 Å². The molecular weight excluding hydrogens is 497 g/mol. The molecule has 0 spiro atoms. The number of nitrogens with two attached hydrogens (primary N) is 1. The van der Waals surface area contributed by atoms with Crippen molar-refractivity contribution in [2.24, 2.45) is 5.73 Å². The second-order valence-corrected chi connectivity index (χ2v) is 16.0. The van der Waals surface area contributed by atoms with Crippen molar-refractivity contribution in [1.82, 2.24) is 14.8 Å². The second-order valence-electron chi connectivity index (χ2n) is 8.50. The summed E-state index contributed by atoms with van der Waals surface area (Å²) in [5.41, 5.74) is 5.44. The first kappa shape index (κ1) is 22.2. The number of primary amides is 1. The molecule has 3 aliphatic rings. The van der Waals surface area contributed by atoms with Crippen molar-refractivity contribution in [2.75, 3.05) is 31.5 Å². The van der Waals surface area contributed by atoms with Crippen molar-refractivity contribution in [3.05, 3.63) is 37.3 Å². The Morgan fingerprint density at radius 3 is 2.58 bits per heavy atom. The van der Waals surface area contributed by atoms with Gasteiger partial charge in [-0.3, -0.25) is 0 Å². The van der Waals surface area contributed by atoms with E-state index in [0.717, 1.165) is 32.8 Å². The van der Waals surface area contributed by atoms with Gasteiger partial charge >= 0.3 is 159 Å². The molecule has 3 aliphatic heterocycles. The zero-order chi connectivity index (χ0) is 21.8. The van der Waals surface area contributed by atoms with Gasteiger partial charge in [-0.1, -0.05) is 6.42 Å². The molecule has 0 atom stereocenters. The number of nitrogens with zero attached hydrogens (tertiary/aromatic N) is 3. The molecule has 9 heteroatoms. The fourth-order valence-electron chi connectivity index (χ4n) is 4.62. The van der Waals surface area contributed by atoms with E-state index >= 15 is 0 Å². The molecule has 2 fully saturated rings. The van der Waals surface area contributed by atoms with Crippen molar-refractivity contribution in [3.8, 4) is 5.75 Å². The molecule has 1 aromatic rings. The number of carbonyl (C=O) groups excluding carboxylic acids is 2. The van der Waals surface area contributed by atoms with E-state index in [1.165, 1.54) is 32.4 Å². The van der Waals surface area contributed by atoms with Gasteiger partial charge in [0.25, 0.3) is 0 Å². The Hall–Kier alpha value is -2.00. The van der Waals surface area contributed by atoms with Gasteiger partial charge in [-0.05, 0) is 25.9 Å². The van der Waals surface area contributed by atoms with Gasteiger partial charge in [0, 0.05) is 0 Å². The summed E-state index contributed by atoms with van der Waals surface area (Å²) in [5.74, 6) is 0.707. The summed E-state index contributed by atoms with van der Waals surface area (Å²) in [6, 6.07) is 3.96. The SMILES string of the molecule is [CH3][In]1[C](Oc2ccnc(NC(=O)N3CCC(N4CCCCC4)CC3)c2)=CC=[C]1C(N)=O. The van der Waals surface area contributed by atoms with Crippen molar-refractivity contribution >= 4 is 39.2 Å². The van der Waals surface area contributed by atoms with Crippen LogP contribution >= 0.6 is 0 Å². The number of piperidine rings is 2. The summed E-state index contributed by atoms with van der Waals surface area (Å²) in [5, 5.41) is 2.90. The molecule has 2 saturated heterocycles. The van der Waals surface area contributed by atoms with Crippen LogP contribution in [0.15, 0.2) is 37.3 Å². The molecule has 4 heterocycles. The number of aromatic nitrogens is 1. The number of urea groups is 1. The van der Waals surface area contributed by atoms with Gasteiger partial charge < -0.3 is 0 Å². The summed E-state index contributed by atoms with van der Waals surface area (Å²) in [7, 11) is 0. The van der Waals surface area contributed by atoms with Crippen LogP contribution in [-0.2, 0) is 4.79 Å². The molecule has 0 bridgehead atoms. The number of hydrogen-bond acceptors (Lipinski definition) is 5. The number of amides is 3. The maximum atomic E-state index is 12.7. The van der Waals surface area contributed by atoms with Crippen molar-refractivity contribution in [2.45, 2.75) is 42.8 Å². The number of ether oxygens (including phenoxy) is 1. The third kappa shape index (κ3) is 5.44. The Morgan fingerprint density at radius 1 is 1.16 bits per heavy atom. The van der Waals surface area contributed by atoms with Crippen molar-refractivity contribution in [1.29, 1.82) is 0 Å². The average Bonchev–Trinajstić information content (AvgIpc) is 3.15. The van der Waals surface area contributed by atoms with Crippen LogP contribution in [0, 0.1) is 0 Å². The van der Waals surface area contributed by atoms with Gasteiger partial charge in [0.15, 0.2) is 0 Å². The van der Waals surface area contributed by atoms with Crippen LogP contribution < -0.4 is 15.8 Å². The van der Waals surface area contributed by atoms with Gasteiger partial charge in [0.2, 0.25) is 0 Å². The van der Waals surface area contributed by atoms with E-state index in [1.54, 1.807) is 24.4 Å². The number of pyridine rings is 1. The van der Waals surface area contributed by atoms with Gasteiger partial charge in [-0.15, -0.1) is 0 Å². The van der Waals surface area contributed by atoms with Crippen LogP contribution in [0.5, 0.6) is 5.75 Å². The Morgan fingerprint density at radius 2 is 1.90 bits per heavy atom. The summed E-state index contributed by atoms with van der Waals surface area (Å²) in [6.07, 6.45) is 11.2. The Balaban J connectivity index is 1.29. The van der Waals surface area contributed by atoms with Crippen LogP contribution in [0.25, 0.3) is 0 Å². The van der Waals surface area contributed by atoms with Gasteiger partial charge in [0.05, 0.1) is 0 Å². The molecule has 1 aromatic heterocycles. The monoisotopic (exact) mass is 527 g/mol. The molecule has 0 radical (unpaired) electrons. The number of rotatable bonds is 5. The van der Waals surface area contributed by atoms with E-state index in [0.29, 0.717) is 17.6 Å². The predicted octanol–water partition coefficient (Wildman–Crippen LogP) is 2.45. The predicted molar refractivity (Wildman–Crippen MR) is 121 cm³/mol. The van der Waals surface area contributed by atoms with E-state index in [2.05, 4.69) is 19.9 Å². The topological polar surface area (TPSA) is 101 Å². The van der Waals surface area contributed by atoms with E-state index in [1.807, 2.05) is 11.0 Å². The fraction of sp³-hybridized carbons (Fsp3) is 0.500. The summed E-state index contributed by atoms with van der Waals surface area (Å²) >= 11 is -2.45. The van der Waals surface area contributed by atoms with E-state index < -0.39 is 21.4 Å². The molecule has 3 amide bonds. The molecule has 4 rings (SSSR count). The van der Waals surface area contributed by atoms with E-state index in [9.17, 15) is 9.59 Å². The van der Waals surface area contributed by atoms with Gasteiger partial charge in [-0.25, -0.2) is 0 Å². The minimum atomic E-state index is -2.45. The zero-order valence-electron chi connectivity index (χ0n) is 18.0. The molecular formula is C22H30InN5O3. The van der Waals surface area contributed by atoms with Gasteiger partial charge in [-0.2, -0.15) is 0 Å². The zero-order valence-corrected chi connectivity index (χ0v) is 21.3. The number of hydrogen-bond donors (Lipinski definition) is 2. The third-order valence-electron chi connectivity index (χ3n) is 6.47. The Labute approximate surface area is 191 Å². The van der Waals surface area contributed by atoms with Crippen LogP contribution in [0.2, 0.25) is 4.68 Å². The molecule has 0 saturated carbocycles. The van der Waals surface area contributed by atoms with E-state index in [4.69, 9.17) is 10.5 Å². The van der Waals surface area contributed by atoms with Crippen molar-refractivity contribution in [3.63, 3.8) is 0 Å². The number of anilines is 1. The Bertz CT molecular complexity index is 889. The third-order valence-corrected chi connectivity index (χ3v) is 13.8. The molecule has 0 unspecified atom stereocenters.